The molecule has 0 saturated carbocycles. The lowest BCUT2D eigenvalue weighted by atomic mass is 9.76. The van der Waals surface area contributed by atoms with Crippen molar-refractivity contribution in [2.45, 2.75) is 19.3 Å². The van der Waals surface area contributed by atoms with Gasteiger partial charge < -0.3 is 19.7 Å². The van der Waals surface area contributed by atoms with E-state index in [0.29, 0.717) is 30.8 Å². The largest absolute Gasteiger partial charge is 0.494 e. The third-order valence-corrected chi connectivity index (χ3v) is 5.90. The van der Waals surface area contributed by atoms with Gasteiger partial charge in [-0.25, -0.2) is 4.39 Å². The van der Waals surface area contributed by atoms with Gasteiger partial charge in [0.15, 0.2) is 0 Å². The Balaban J connectivity index is 1.35. The molecule has 5 nitrogen and oxygen atoms in total. The highest BCUT2D eigenvalue weighted by Gasteiger charge is 2.35. The number of carbonyl (C=O) groups is 1. The first-order valence-corrected chi connectivity index (χ1v) is 9.95. The Labute approximate surface area is 169 Å². The molecule has 0 unspecified atom stereocenters. The van der Waals surface area contributed by atoms with E-state index in [1.807, 2.05) is 30.3 Å². The maximum Gasteiger partial charge on any atom is 0.270 e. The zero-order valence-electron chi connectivity index (χ0n) is 16.2. The molecule has 1 aliphatic heterocycles. The predicted molar refractivity (Wildman–Crippen MR) is 109 cm³/mol. The fraction of sp³-hybridized carbons (Fsp3) is 0.348. The van der Waals surface area contributed by atoms with Crippen molar-refractivity contribution in [2.75, 3.05) is 26.3 Å². The van der Waals surface area contributed by atoms with Gasteiger partial charge in [0.05, 0.1) is 6.61 Å². The summed E-state index contributed by atoms with van der Waals surface area (Å²) in [5.41, 5.74) is 0.985. The number of aliphatic hydroxyl groups excluding tert-OH is 1. The van der Waals surface area contributed by atoms with E-state index < -0.39 is 0 Å². The molecule has 1 saturated heterocycles. The lowest BCUT2D eigenvalue weighted by molar-refractivity contribution is 0.0239. The normalized spacial score (nSPS) is 16.1. The Kier molecular flexibility index (Phi) is 5.53. The number of piperidine rings is 1. The van der Waals surface area contributed by atoms with E-state index in [1.54, 1.807) is 17.0 Å². The number of benzene rings is 2. The van der Waals surface area contributed by atoms with E-state index >= 15 is 0 Å². The highest BCUT2D eigenvalue weighted by Crippen LogP contribution is 2.35. The first kappa shape index (κ1) is 19.5. The number of nitrogens with zero attached hydrogens (tertiary/aromatic N) is 1. The first-order valence-electron chi connectivity index (χ1n) is 9.95. The first-order chi connectivity index (χ1) is 14.1. The third-order valence-electron chi connectivity index (χ3n) is 5.90. The van der Waals surface area contributed by atoms with E-state index in [4.69, 9.17) is 4.74 Å². The number of halogens is 1. The summed E-state index contributed by atoms with van der Waals surface area (Å²) >= 11 is 0. The van der Waals surface area contributed by atoms with Crippen LogP contribution in [0.3, 0.4) is 0 Å². The quantitative estimate of drug-likeness (QED) is 0.662. The van der Waals surface area contributed by atoms with Crippen LogP contribution >= 0.6 is 0 Å². The Morgan fingerprint density at radius 2 is 1.90 bits per heavy atom. The lowest BCUT2D eigenvalue weighted by Gasteiger charge is -2.40. The van der Waals surface area contributed by atoms with Gasteiger partial charge in [0.2, 0.25) is 0 Å². The Morgan fingerprint density at radius 1 is 1.14 bits per heavy atom. The van der Waals surface area contributed by atoms with Crippen LogP contribution in [0.2, 0.25) is 0 Å². The van der Waals surface area contributed by atoms with Crippen LogP contribution in [0.1, 0.15) is 29.8 Å². The van der Waals surface area contributed by atoms with Crippen molar-refractivity contribution < 1.29 is 19.0 Å². The Morgan fingerprint density at radius 3 is 2.62 bits per heavy atom. The molecule has 3 aromatic rings. The maximum atomic E-state index is 13.4. The van der Waals surface area contributed by atoms with E-state index in [1.165, 1.54) is 12.1 Å². The standard InChI is InChI=1S/C23H25FN2O3/c24-18-6-7-20-17(14-18)15-21(25-20)22(28)26-11-8-23(16-27,9-12-26)10-13-29-19-4-2-1-3-5-19/h1-7,14-15,25,27H,8-13,16H2. The number of nitrogens with one attached hydrogen (secondary N) is 1. The van der Waals surface area contributed by atoms with Crippen LogP contribution in [-0.2, 0) is 0 Å². The number of rotatable bonds is 6. The van der Waals surface area contributed by atoms with Crippen molar-refractivity contribution in [3.8, 4) is 5.75 Å². The van der Waals surface area contributed by atoms with Gasteiger partial charge in [0, 0.05) is 36.0 Å². The highest BCUT2D eigenvalue weighted by molar-refractivity contribution is 5.98. The van der Waals surface area contributed by atoms with Gasteiger partial charge in [-0.15, -0.1) is 0 Å². The zero-order valence-corrected chi connectivity index (χ0v) is 16.2. The molecule has 0 bridgehead atoms. The topological polar surface area (TPSA) is 65.6 Å². The minimum Gasteiger partial charge on any atom is -0.494 e. The number of carbonyl (C=O) groups excluding carboxylic acids is 1. The molecule has 29 heavy (non-hydrogen) atoms. The SMILES string of the molecule is O=C(c1cc2cc(F)ccc2[nH]1)N1CCC(CO)(CCOc2ccccc2)CC1. The van der Waals surface area contributed by atoms with Crippen molar-refractivity contribution in [1.29, 1.82) is 0 Å². The fourth-order valence-electron chi connectivity index (χ4n) is 3.96. The van der Waals surface area contributed by atoms with Gasteiger partial charge in [0.1, 0.15) is 17.3 Å². The summed E-state index contributed by atoms with van der Waals surface area (Å²) < 4.78 is 19.2. The molecular weight excluding hydrogens is 371 g/mol. The van der Waals surface area contributed by atoms with Crippen LogP contribution in [-0.4, -0.2) is 47.2 Å². The Bertz CT molecular complexity index is 978. The second-order valence-corrected chi connectivity index (χ2v) is 7.78. The van der Waals surface area contributed by atoms with Gasteiger partial charge in [-0.2, -0.15) is 0 Å². The average molecular weight is 396 g/mol. The minimum absolute atomic E-state index is 0.0822. The van der Waals surface area contributed by atoms with E-state index in [0.717, 1.165) is 30.5 Å². The van der Waals surface area contributed by atoms with Crippen LogP contribution < -0.4 is 4.74 Å². The molecule has 1 aromatic heterocycles. The van der Waals surface area contributed by atoms with Gasteiger partial charge in [0.25, 0.3) is 5.91 Å². The smallest absolute Gasteiger partial charge is 0.270 e. The molecule has 152 valence electrons. The predicted octanol–water partition coefficient (Wildman–Crippen LogP) is 3.99. The van der Waals surface area contributed by atoms with E-state index in [-0.39, 0.29) is 23.7 Å². The van der Waals surface area contributed by atoms with E-state index in [9.17, 15) is 14.3 Å². The van der Waals surface area contributed by atoms with Crippen LogP contribution in [0.25, 0.3) is 10.9 Å². The monoisotopic (exact) mass is 396 g/mol. The van der Waals surface area contributed by atoms with Crippen molar-refractivity contribution in [1.82, 2.24) is 9.88 Å². The number of hydrogen-bond donors (Lipinski definition) is 2. The van der Waals surface area contributed by atoms with Gasteiger partial charge >= 0.3 is 0 Å². The summed E-state index contributed by atoms with van der Waals surface area (Å²) in [6, 6.07) is 15.8. The van der Waals surface area contributed by atoms with Crippen LogP contribution in [0.4, 0.5) is 4.39 Å². The van der Waals surface area contributed by atoms with Crippen LogP contribution in [0, 0.1) is 11.2 Å². The third kappa shape index (κ3) is 4.27. The Hall–Kier alpha value is -2.86. The van der Waals surface area contributed by atoms with Gasteiger partial charge in [-0.05, 0) is 55.7 Å². The molecule has 4 rings (SSSR count). The van der Waals surface area contributed by atoms with E-state index in [2.05, 4.69) is 4.98 Å². The molecule has 0 atom stereocenters. The number of hydrogen-bond acceptors (Lipinski definition) is 3. The minimum atomic E-state index is -0.320. The van der Waals surface area contributed by atoms with Crippen molar-refractivity contribution in [2.24, 2.45) is 5.41 Å². The molecular formula is C23H25FN2O3. The summed E-state index contributed by atoms with van der Waals surface area (Å²) in [4.78, 5) is 17.7. The number of likely N-dealkylation sites (tertiary alicyclic amines) is 1. The number of amides is 1. The fourth-order valence-corrected chi connectivity index (χ4v) is 3.96. The number of para-hydroxylation sites is 1. The van der Waals surface area contributed by atoms with Crippen LogP contribution in [0.5, 0.6) is 5.75 Å². The zero-order chi connectivity index (χ0) is 20.3. The molecule has 2 N–H and O–H groups in total. The lowest BCUT2D eigenvalue weighted by Crippen LogP contribution is -2.45. The molecule has 1 fully saturated rings. The molecule has 6 heteroatoms. The number of aromatic nitrogens is 1. The summed E-state index contributed by atoms with van der Waals surface area (Å²) in [6.45, 7) is 1.77. The van der Waals surface area contributed by atoms with Crippen molar-refractivity contribution >= 4 is 16.8 Å². The summed E-state index contributed by atoms with van der Waals surface area (Å²) in [7, 11) is 0. The summed E-state index contributed by atoms with van der Waals surface area (Å²) in [5.74, 6) is 0.413. The average Bonchev–Trinajstić information content (AvgIpc) is 3.17. The number of fused-ring (bicyclic) bond motifs is 1. The number of aliphatic hydroxyl groups is 1. The second kappa shape index (κ2) is 8.25. The summed E-state index contributed by atoms with van der Waals surface area (Å²) in [6.07, 6.45) is 2.19. The molecule has 2 aromatic carbocycles. The number of aromatic amines is 1. The van der Waals surface area contributed by atoms with Gasteiger partial charge in [-0.3, -0.25) is 4.79 Å². The number of ether oxygens (including phenoxy) is 1. The summed E-state index contributed by atoms with van der Waals surface area (Å²) in [5, 5.41) is 10.7. The van der Waals surface area contributed by atoms with Gasteiger partial charge in [-0.1, -0.05) is 18.2 Å². The highest BCUT2D eigenvalue weighted by atomic mass is 19.1. The molecule has 1 amide bonds. The second-order valence-electron chi connectivity index (χ2n) is 7.78. The van der Waals surface area contributed by atoms with Crippen molar-refractivity contribution in [3.63, 3.8) is 0 Å². The van der Waals surface area contributed by atoms with Crippen LogP contribution in [0.15, 0.2) is 54.6 Å². The molecule has 0 spiro atoms. The number of H-pyrrole nitrogens is 1. The van der Waals surface area contributed by atoms with Crippen molar-refractivity contribution in [3.05, 3.63) is 66.1 Å². The molecule has 0 radical (unpaired) electrons. The molecule has 1 aliphatic rings. The molecule has 0 aliphatic carbocycles. The maximum absolute atomic E-state index is 13.4. The molecule has 2 heterocycles.